The molecule has 0 N–H and O–H groups in total. The Hall–Kier alpha value is -2.15. The predicted molar refractivity (Wildman–Crippen MR) is 142 cm³/mol. The summed E-state index contributed by atoms with van der Waals surface area (Å²) in [4.78, 5) is 31.0. The molecule has 2 fully saturated rings. The van der Waals surface area contributed by atoms with E-state index in [0.29, 0.717) is 34.4 Å². The van der Waals surface area contributed by atoms with Gasteiger partial charge >= 0.3 is 0 Å². The quantitative estimate of drug-likeness (QED) is 0.403. The maximum absolute atomic E-state index is 13.4. The normalized spacial score (nSPS) is 23.0. The maximum atomic E-state index is 13.4. The summed E-state index contributed by atoms with van der Waals surface area (Å²) in [6.07, 6.45) is 4.34. The molecule has 2 saturated heterocycles. The van der Waals surface area contributed by atoms with Crippen LogP contribution in [-0.2, 0) is 16.1 Å². The molecule has 1 aromatic heterocycles. The van der Waals surface area contributed by atoms with Gasteiger partial charge in [-0.05, 0) is 52.2 Å². The van der Waals surface area contributed by atoms with E-state index in [1.807, 2.05) is 33.8 Å². The van der Waals surface area contributed by atoms with Crippen LogP contribution in [0.3, 0.4) is 0 Å². The van der Waals surface area contributed by atoms with E-state index in [1.54, 1.807) is 16.4 Å². The van der Waals surface area contributed by atoms with Crippen molar-refractivity contribution >= 4 is 46.1 Å². The highest BCUT2D eigenvalue weighted by atomic mass is 32.2. The Balaban J connectivity index is 2.26. The second kappa shape index (κ2) is 11.1. The molecule has 3 unspecified atom stereocenters. The number of hydrogen-bond donors (Lipinski definition) is 0. The minimum atomic E-state index is -0.278. The molecule has 7 nitrogen and oxygen atoms in total. The van der Waals surface area contributed by atoms with Gasteiger partial charge in [0.05, 0.1) is 17.1 Å². The summed E-state index contributed by atoms with van der Waals surface area (Å²) in [6.45, 7) is 13.7. The van der Waals surface area contributed by atoms with Gasteiger partial charge < -0.3 is 9.64 Å². The largest absolute Gasteiger partial charge is 0.372 e. The van der Waals surface area contributed by atoms with E-state index in [2.05, 4.69) is 17.9 Å². The molecule has 0 saturated carbocycles. The summed E-state index contributed by atoms with van der Waals surface area (Å²) >= 11 is 6.80. The van der Waals surface area contributed by atoms with Crippen molar-refractivity contribution in [1.82, 2.24) is 9.47 Å². The smallest absolute Gasteiger partial charge is 0.270 e. The van der Waals surface area contributed by atoms with Crippen molar-refractivity contribution in [2.45, 2.75) is 85.6 Å². The van der Waals surface area contributed by atoms with Crippen LogP contribution >= 0.6 is 24.0 Å². The van der Waals surface area contributed by atoms with E-state index >= 15 is 0 Å². The first kappa shape index (κ1) is 26.5. The lowest BCUT2D eigenvalue weighted by Crippen LogP contribution is -2.48. The van der Waals surface area contributed by atoms with Gasteiger partial charge in [-0.3, -0.25) is 19.1 Å². The van der Waals surface area contributed by atoms with Crippen molar-refractivity contribution in [3.63, 3.8) is 0 Å². The molecule has 0 aromatic carbocycles. The Morgan fingerprint density at radius 1 is 1.26 bits per heavy atom. The number of thiocarbonyl (C=S) groups is 1. The zero-order chi connectivity index (χ0) is 25.2. The molecular weight excluding hydrogens is 468 g/mol. The van der Waals surface area contributed by atoms with Gasteiger partial charge in [0.1, 0.15) is 21.8 Å². The summed E-state index contributed by atoms with van der Waals surface area (Å²) in [5, 5.41) is 9.84. The number of ether oxygens (including phenoxy) is 1. The van der Waals surface area contributed by atoms with Crippen LogP contribution < -0.4 is 10.5 Å². The first-order valence-electron chi connectivity index (χ1n) is 12.0. The van der Waals surface area contributed by atoms with E-state index in [9.17, 15) is 14.9 Å². The lowest BCUT2D eigenvalue weighted by Gasteiger charge is -2.39. The van der Waals surface area contributed by atoms with E-state index in [0.717, 1.165) is 30.6 Å². The number of anilines is 1. The number of rotatable bonds is 7. The molecule has 9 heteroatoms. The fraction of sp³-hybridized carbons (Fsp3) is 0.600. The van der Waals surface area contributed by atoms with Crippen LogP contribution in [0.4, 0.5) is 5.82 Å². The first-order valence-corrected chi connectivity index (χ1v) is 13.2. The number of nitriles is 1. The molecule has 1 aromatic rings. The Morgan fingerprint density at radius 3 is 2.47 bits per heavy atom. The van der Waals surface area contributed by atoms with E-state index in [1.165, 1.54) is 11.8 Å². The van der Waals surface area contributed by atoms with E-state index in [-0.39, 0.29) is 35.3 Å². The molecule has 0 spiro atoms. The van der Waals surface area contributed by atoms with Crippen LogP contribution in [0.15, 0.2) is 9.70 Å². The number of morpholine rings is 1. The van der Waals surface area contributed by atoms with Crippen LogP contribution in [0.5, 0.6) is 0 Å². The highest BCUT2D eigenvalue weighted by Gasteiger charge is 2.36. The summed E-state index contributed by atoms with van der Waals surface area (Å²) < 4.78 is 8.21. The van der Waals surface area contributed by atoms with Crippen molar-refractivity contribution in [3.05, 3.63) is 31.9 Å². The number of aromatic nitrogens is 1. The second-order valence-corrected chi connectivity index (χ2v) is 10.8. The highest BCUT2D eigenvalue weighted by molar-refractivity contribution is 8.26. The maximum Gasteiger partial charge on any atom is 0.270 e. The van der Waals surface area contributed by atoms with Crippen LogP contribution in [-0.4, -0.2) is 51.0 Å². The third-order valence-electron chi connectivity index (χ3n) is 6.43. The van der Waals surface area contributed by atoms with Crippen LogP contribution in [0, 0.1) is 18.3 Å². The average molecular weight is 503 g/mol. The van der Waals surface area contributed by atoms with Gasteiger partial charge in [0.25, 0.3) is 11.5 Å². The Morgan fingerprint density at radius 2 is 1.91 bits per heavy atom. The molecule has 184 valence electrons. The number of unbranched alkanes of at least 4 members (excludes halogenated alkanes) is 1. The second-order valence-electron chi connectivity index (χ2n) is 9.13. The lowest BCUT2D eigenvalue weighted by atomic mass is 10.0. The van der Waals surface area contributed by atoms with Gasteiger partial charge in [0.15, 0.2) is 0 Å². The topological polar surface area (TPSA) is 78.6 Å². The zero-order valence-electron chi connectivity index (χ0n) is 20.9. The monoisotopic (exact) mass is 502 g/mol. The van der Waals surface area contributed by atoms with Gasteiger partial charge in [-0.1, -0.05) is 44.2 Å². The minimum Gasteiger partial charge on any atom is -0.372 e. The van der Waals surface area contributed by atoms with E-state index < -0.39 is 0 Å². The van der Waals surface area contributed by atoms with Crippen LogP contribution in [0.1, 0.15) is 70.6 Å². The van der Waals surface area contributed by atoms with Gasteiger partial charge in [-0.15, -0.1) is 0 Å². The number of carbonyl (C=O) groups is 1. The van der Waals surface area contributed by atoms with Crippen molar-refractivity contribution in [1.29, 1.82) is 5.26 Å². The summed E-state index contributed by atoms with van der Waals surface area (Å²) in [7, 11) is 0. The summed E-state index contributed by atoms with van der Waals surface area (Å²) in [5.41, 5.74) is 1.17. The number of carbonyl (C=O) groups excluding carboxylic acids is 1. The number of pyridine rings is 1. The molecule has 0 bridgehead atoms. The Bertz CT molecular complexity index is 1090. The highest BCUT2D eigenvalue weighted by Crippen LogP contribution is 2.37. The number of nitrogens with zero attached hydrogens (tertiary/aromatic N) is 4. The van der Waals surface area contributed by atoms with Gasteiger partial charge in [-0.25, -0.2) is 0 Å². The Kier molecular flexibility index (Phi) is 8.61. The fourth-order valence-electron chi connectivity index (χ4n) is 4.53. The van der Waals surface area contributed by atoms with Gasteiger partial charge in [0, 0.05) is 31.2 Å². The average Bonchev–Trinajstić information content (AvgIpc) is 3.06. The van der Waals surface area contributed by atoms with Gasteiger partial charge in [-0.2, -0.15) is 5.26 Å². The fourth-order valence-corrected chi connectivity index (χ4v) is 5.98. The zero-order valence-corrected chi connectivity index (χ0v) is 22.5. The van der Waals surface area contributed by atoms with E-state index in [4.69, 9.17) is 17.0 Å². The van der Waals surface area contributed by atoms with Crippen molar-refractivity contribution in [3.8, 4) is 6.07 Å². The summed E-state index contributed by atoms with van der Waals surface area (Å²) in [6, 6.07) is 2.12. The third kappa shape index (κ3) is 5.09. The van der Waals surface area contributed by atoms with Crippen LogP contribution in [0.2, 0.25) is 0 Å². The third-order valence-corrected chi connectivity index (χ3v) is 7.76. The van der Waals surface area contributed by atoms with Crippen molar-refractivity contribution in [2.75, 3.05) is 18.0 Å². The molecule has 34 heavy (non-hydrogen) atoms. The van der Waals surface area contributed by atoms with Crippen LogP contribution in [0.25, 0.3) is 6.08 Å². The summed E-state index contributed by atoms with van der Waals surface area (Å²) in [5.74, 6) is 0.633. The number of amides is 1. The molecule has 3 heterocycles. The Labute approximate surface area is 211 Å². The number of hydrogen-bond acceptors (Lipinski definition) is 7. The SMILES string of the molecule is CCCCn1c(N2CC(C)OC(C)C2)c(/C=C2\SC(=S)N(C(C)CC)C2=O)c(C)c(C#N)c1=O. The molecule has 2 aliphatic rings. The number of thioether (sulfide) groups is 1. The molecule has 0 aliphatic carbocycles. The molecule has 3 rings (SSSR count). The first-order chi connectivity index (χ1) is 16.1. The minimum absolute atomic E-state index is 0.00749. The molecule has 1 amide bonds. The van der Waals surface area contributed by atoms with Crippen molar-refractivity contribution in [2.24, 2.45) is 0 Å². The molecular formula is C25H34N4O3S2. The molecule has 3 atom stereocenters. The molecule has 2 aliphatic heterocycles. The van der Waals surface area contributed by atoms with Crippen molar-refractivity contribution < 1.29 is 9.53 Å². The molecule has 0 radical (unpaired) electrons. The van der Waals surface area contributed by atoms with Gasteiger partial charge in [0.2, 0.25) is 0 Å². The standard InChI is InChI=1S/C25H34N4O3S2/c1-7-9-10-28-22(27-13-16(4)32-17(5)14-27)19(18(6)20(12-26)23(28)30)11-21-24(31)29(15(3)8-2)25(33)34-21/h11,15-17H,7-10,13-14H2,1-6H3/b21-11-. The lowest BCUT2D eigenvalue weighted by molar-refractivity contribution is -0.123. The predicted octanol–water partition coefficient (Wildman–Crippen LogP) is 4.44.